The maximum absolute atomic E-state index is 12.1. The zero-order valence-electron chi connectivity index (χ0n) is 12.0. The van der Waals surface area contributed by atoms with Gasteiger partial charge in [0, 0.05) is 24.3 Å². The maximum atomic E-state index is 12.1. The van der Waals surface area contributed by atoms with Crippen LogP contribution in [-0.2, 0) is 4.79 Å². The lowest BCUT2D eigenvalue weighted by molar-refractivity contribution is -0.119. The number of hydrogen-bond acceptors (Lipinski definition) is 3. The lowest BCUT2D eigenvalue weighted by atomic mass is 10.1. The van der Waals surface area contributed by atoms with Gasteiger partial charge in [0.1, 0.15) is 0 Å². The van der Waals surface area contributed by atoms with Gasteiger partial charge in [0.25, 0.3) is 5.91 Å². The fourth-order valence-corrected chi connectivity index (χ4v) is 2.27. The Morgan fingerprint density at radius 1 is 1.40 bits per heavy atom. The van der Waals surface area contributed by atoms with Crippen LogP contribution in [0.15, 0.2) is 18.2 Å². The minimum Gasteiger partial charge on any atom is -0.352 e. The molecule has 2 rings (SSSR count). The molecule has 1 unspecified atom stereocenters. The van der Waals surface area contributed by atoms with Gasteiger partial charge in [0.15, 0.2) is 0 Å². The van der Waals surface area contributed by atoms with Gasteiger partial charge in [-0.2, -0.15) is 0 Å². The van der Waals surface area contributed by atoms with Gasteiger partial charge in [0.05, 0.1) is 5.92 Å². The first kappa shape index (κ1) is 14.5. The highest BCUT2D eigenvalue weighted by Gasteiger charge is 2.22. The lowest BCUT2D eigenvalue weighted by Crippen LogP contribution is -2.26. The fourth-order valence-electron chi connectivity index (χ4n) is 2.27. The molecule has 3 N–H and O–H groups in total. The number of benzene rings is 1. The van der Waals surface area contributed by atoms with E-state index in [1.807, 2.05) is 19.9 Å². The molecule has 1 aliphatic rings. The molecule has 20 heavy (non-hydrogen) atoms. The van der Waals surface area contributed by atoms with Gasteiger partial charge in [0.2, 0.25) is 5.91 Å². The van der Waals surface area contributed by atoms with Crippen molar-refractivity contribution in [3.8, 4) is 0 Å². The number of rotatable bonds is 4. The van der Waals surface area contributed by atoms with E-state index in [1.165, 1.54) is 0 Å². The predicted octanol–water partition coefficient (Wildman–Crippen LogP) is 1.29. The van der Waals surface area contributed by atoms with E-state index in [-0.39, 0.29) is 17.7 Å². The second-order valence-electron chi connectivity index (χ2n) is 5.07. The Kier molecular flexibility index (Phi) is 4.74. The van der Waals surface area contributed by atoms with E-state index in [1.54, 1.807) is 12.1 Å². The van der Waals surface area contributed by atoms with Crippen molar-refractivity contribution in [2.75, 3.05) is 25.0 Å². The van der Waals surface area contributed by atoms with E-state index < -0.39 is 0 Å². The van der Waals surface area contributed by atoms with Crippen LogP contribution in [0.2, 0.25) is 0 Å². The summed E-state index contributed by atoms with van der Waals surface area (Å²) in [5.74, 6) is -0.0841. The summed E-state index contributed by atoms with van der Waals surface area (Å²) in [6, 6.07) is 5.36. The van der Waals surface area contributed by atoms with E-state index >= 15 is 0 Å². The Bertz CT molecular complexity index is 508. The first-order chi connectivity index (χ1) is 9.61. The summed E-state index contributed by atoms with van der Waals surface area (Å²) in [5.41, 5.74) is 2.24. The molecule has 0 aromatic heterocycles. The molecule has 5 heteroatoms. The van der Waals surface area contributed by atoms with Crippen molar-refractivity contribution < 1.29 is 9.59 Å². The highest BCUT2D eigenvalue weighted by atomic mass is 16.2. The standard InChI is InChI=1S/C15H21N3O2/c1-3-17-14(19)11-5-4-10(2)13(8-11)18-15(20)12-6-7-16-9-12/h4-5,8,12,16H,3,6-7,9H2,1-2H3,(H,17,19)(H,18,20). The van der Waals surface area contributed by atoms with Crippen molar-refractivity contribution in [3.05, 3.63) is 29.3 Å². The third-order valence-electron chi connectivity index (χ3n) is 3.53. The fraction of sp³-hybridized carbons (Fsp3) is 0.467. The lowest BCUT2D eigenvalue weighted by Gasteiger charge is -2.13. The third kappa shape index (κ3) is 3.36. The van der Waals surface area contributed by atoms with Gasteiger partial charge in [-0.25, -0.2) is 0 Å². The van der Waals surface area contributed by atoms with Crippen LogP contribution < -0.4 is 16.0 Å². The molecule has 1 aromatic carbocycles. The molecule has 1 aromatic rings. The first-order valence-electron chi connectivity index (χ1n) is 7.02. The van der Waals surface area contributed by atoms with E-state index in [0.717, 1.165) is 25.1 Å². The SMILES string of the molecule is CCNC(=O)c1ccc(C)c(NC(=O)C2CCNC2)c1. The van der Waals surface area contributed by atoms with Crippen LogP contribution in [0.1, 0.15) is 29.3 Å². The second kappa shape index (κ2) is 6.52. The molecule has 5 nitrogen and oxygen atoms in total. The third-order valence-corrected chi connectivity index (χ3v) is 3.53. The van der Waals surface area contributed by atoms with Crippen LogP contribution in [0.5, 0.6) is 0 Å². The number of carbonyl (C=O) groups is 2. The highest BCUT2D eigenvalue weighted by Crippen LogP contribution is 2.19. The van der Waals surface area contributed by atoms with Crippen LogP contribution in [0, 0.1) is 12.8 Å². The summed E-state index contributed by atoms with van der Waals surface area (Å²) in [5, 5.41) is 8.86. The molecule has 0 saturated carbocycles. The normalized spacial score (nSPS) is 17.8. The molecule has 0 aliphatic carbocycles. The Labute approximate surface area is 119 Å². The van der Waals surface area contributed by atoms with Crippen LogP contribution in [0.4, 0.5) is 5.69 Å². The summed E-state index contributed by atoms with van der Waals surface area (Å²) < 4.78 is 0. The van der Waals surface area contributed by atoms with Crippen molar-refractivity contribution in [3.63, 3.8) is 0 Å². The van der Waals surface area contributed by atoms with Crippen molar-refractivity contribution in [1.82, 2.24) is 10.6 Å². The van der Waals surface area contributed by atoms with Crippen LogP contribution in [0.3, 0.4) is 0 Å². The number of carbonyl (C=O) groups excluding carboxylic acids is 2. The van der Waals surface area contributed by atoms with Crippen LogP contribution >= 0.6 is 0 Å². The smallest absolute Gasteiger partial charge is 0.251 e. The number of amides is 2. The molecule has 1 aliphatic heterocycles. The summed E-state index contributed by atoms with van der Waals surface area (Å²) in [4.78, 5) is 23.9. The molecule has 1 heterocycles. The summed E-state index contributed by atoms with van der Waals surface area (Å²) in [6.07, 6.45) is 0.862. The van der Waals surface area contributed by atoms with E-state index in [4.69, 9.17) is 0 Å². The Hall–Kier alpha value is -1.88. The summed E-state index contributed by atoms with van der Waals surface area (Å²) >= 11 is 0. The van der Waals surface area contributed by atoms with Gasteiger partial charge >= 0.3 is 0 Å². The van der Waals surface area contributed by atoms with Gasteiger partial charge in [-0.15, -0.1) is 0 Å². The number of anilines is 1. The molecule has 1 fully saturated rings. The van der Waals surface area contributed by atoms with E-state index in [9.17, 15) is 9.59 Å². The first-order valence-corrected chi connectivity index (χ1v) is 7.02. The number of aryl methyl sites for hydroxylation is 1. The average molecular weight is 275 g/mol. The number of nitrogens with one attached hydrogen (secondary N) is 3. The minimum absolute atomic E-state index is 0.0162. The van der Waals surface area contributed by atoms with Crippen molar-refractivity contribution in [2.45, 2.75) is 20.3 Å². The molecule has 0 bridgehead atoms. The molecule has 1 saturated heterocycles. The van der Waals surface area contributed by atoms with Crippen molar-refractivity contribution in [1.29, 1.82) is 0 Å². The zero-order valence-corrected chi connectivity index (χ0v) is 12.0. The van der Waals surface area contributed by atoms with Gasteiger partial charge in [-0.05, 0) is 44.5 Å². The van der Waals surface area contributed by atoms with Gasteiger partial charge in [-0.1, -0.05) is 6.07 Å². The molecular formula is C15H21N3O2. The summed E-state index contributed by atoms with van der Waals surface area (Å²) in [7, 11) is 0. The monoisotopic (exact) mass is 275 g/mol. The summed E-state index contributed by atoms with van der Waals surface area (Å²) in [6.45, 7) is 5.99. The second-order valence-corrected chi connectivity index (χ2v) is 5.07. The average Bonchev–Trinajstić information content (AvgIpc) is 2.95. The topological polar surface area (TPSA) is 70.2 Å². The molecule has 0 radical (unpaired) electrons. The Balaban J connectivity index is 2.11. The molecule has 108 valence electrons. The zero-order chi connectivity index (χ0) is 14.5. The van der Waals surface area contributed by atoms with Gasteiger partial charge < -0.3 is 16.0 Å². The molecule has 0 spiro atoms. The highest BCUT2D eigenvalue weighted by molar-refractivity contribution is 5.98. The quantitative estimate of drug-likeness (QED) is 0.775. The molecule has 2 amide bonds. The van der Waals surface area contributed by atoms with E-state index in [2.05, 4.69) is 16.0 Å². The Morgan fingerprint density at radius 3 is 2.85 bits per heavy atom. The largest absolute Gasteiger partial charge is 0.352 e. The van der Waals surface area contributed by atoms with Crippen molar-refractivity contribution >= 4 is 17.5 Å². The van der Waals surface area contributed by atoms with Crippen LogP contribution in [0.25, 0.3) is 0 Å². The maximum Gasteiger partial charge on any atom is 0.251 e. The predicted molar refractivity (Wildman–Crippen MR) is 78.8 cm³/mol. The van der Waals surface area contributed by atoms with E-state index in [0.29, 0.717) is 17.8 Å². The minimum atomic E-state index is -0.120. The van der Waals surface area contributed by atoms with Gasteiger partial charge in [-0.3, -0.25) is 9.59 Å². The number of hydrogen-bond donors (Lipinski definition) is 3. The Morgan fingerprint density at radius 2 is 2.20 bits per heavy atom. The van der Waals surface area contributed by atoms with Crippen molar-refractivity contribution in [2.24, 2.45) is 5.92 Å². The molecular weight excluding hydrogens is 254 g/mol. The van der Waals surface area contributed by atoms with Crippen LogP contribution in [-0.4, -0.2) is 31.4 Å². The molecule has 1 atom stereocenters.